The molecule has 1 fully saturated rings. The van der Waals surface area contributed by atoms with Crippen molar-refractivity contribution in [1.29, 1.82) is 0 Å². The number of allylic oxidation sites excluding steroid dienone is 1. The molecule has 6 heteroatoms. The van der Waals surface area contributed by atoms with E-state index in [2.05, 4.69) is 25.9 Å². The van der Waals surface area contributed by atoms with Gasteiger partial charge >= 0.3 is 0 Å². The van der Waals surface area contributed by atoms with Gasteiger partial charge in [-0.05, 0) is 51.0 Å². The summed E-state index contributed by atoms with van der Waals surface area (Å²) >= 11 is 0. The minimum atomic E-state index is -0.0728. The van der Waals surface area contributed by atoms with Crippen LogP contribution in [0.2, 0.25) is 0 Å². The summed E-state index contributed by atoms with van der Waals surface area (Å²) in [5, 5.41) is 3.01. The summed E-state index contributed by atoms with van der Waals surface area (Å²) in [5.74, 6) is -0.0728. The molecule has 4 rings (SSSR count). The van der Waals surface area contributed by atoms with Crippen LogP contribution in [0.5, 0.6) is 0 Å². The summed E-state index contributed by atoms with van der Waals surface area (Å²) in [6.07, 6.45) is 13.6. The third-order valence-corrected chi connectivity index (χ3v) is 5.38. The Morgan fingerprint density at radius 3 is 2.96 bits per heavy atom. The summed E-state index contributed by atoms with van der Waals surface area (Å²) < 4.78 is 7.55. The lowest BCUT2D eigenvalue weighted by atomic mass is 9.97. The van der Waals surface area contributed by atoms with Crippen molar-refractivity contribution in [3.05, 3.63) is 35.8 Å². The van der Waals surface area contributed by atoms with Crippen molar-refractivity contribution in [1.82, 2.24) is 19.9 Å². The first-order valence-electron chi connectivity index (χ1n) is 9.68. The highest BCUT2D eigenvalue weighted by atomic mass is 16.5. The van der Waals surface area contributed by atoms with Gasteiger partial charge in [0.15, 0.2) is 5.65 Å². The van der Waals surface area contributed by atoms with Gasteiger partial charge in [-0.25, -0.2) is 9.97 Å². The second kappa shape index (κ2) is 7.99. The van der Waals surface area contributed by atoms with Gasteiger partial charge in [0.25, 0.3) is 5.91 Å². The molecule has 26 heavy (non-hydrogen) atoms. The minimum Gasteiger partial charge on any atom is -0.381 e. The average molecular weight is 354 g/mol. The average Bonchev–Trinajstić information content (AvgIpc) is 3.12. The largest absolute Gasteiger partial charge is 0.381 e. The molecular weight excluding hydrogens is 328 g/mol. The van der Waals surface area contributed by atoms with Crippen LogP contribution in [0.3, 0.4) is 0 Å². The van der Waals surface area contributed by atoms with Crippen LogP contribution < -0.4 is 5.32 Å². The zero-order chi connectivity index (χ0) is 17.8. The number of nitrogens with one attached hydrogen (secondary N) is 1. The Hall–Kier alpha value is -2.21. The normalized spacial score (nSPS) is 18.7. The molecular formula is C20H26N4O2. The Morgan fingerprint density at radius 2 is 2.15 bits per heavy atom. The van der Waals surface area contributed by atoms with Gasteiger partial charge in [0, 0.05) is 32.0 Å². The third-order valence-electron chi connectivity index (χ3n) is 5.38. The van der Waals surface area contributed by atoms with E-state index in [1.807, 2.05) is 12.4 Å². The number of rotatable bonds is 5. The molecule has 6 nitrogen and oxygen atoms in total. The number of nitrogens with zero attached hydrogens (tertiary/aromatic N) is 3. The van der Waals surface area contributed by atoms with Crippen LogP contribution in [0.1, 0.15) is 61.3 Å². The quantitative estimate of drug-likeness (QED) is 0.836. The van der Waals surface area contributed by atoms with Crippen LogP contribution in [0.15, 0.2) is 30.2 Å². The van der Waals surface area contributed by atoms with Crippen molar-refractivity contribution < 1.29 is 9.53 Å². The molecule has 138 valence electrons. The van der Waals surface area contributed by atoms with Gasteiger partial charge in [0.05, 0.1) is 11.9 Å². The van der Waals surface area contributed by atoms with Crippen molar-refractivity contribution in [3.63, 3.8) is 0 Å². The maximum absolute atomic E-state index is 12.4. The van der Waals surface area contributed by atoms with Gasteiger partial charge in [0.1, 0.15) is 5.52 Å². The van der Waals surface area contributed by atoms with Crippen LogP contribution >= 0.6 is 0 Å². The van der Waals surface area contributed by atoms with E-state index in [-0.39, 0.29) is 5.91 Å². The monoisotopic (exact) mass is 354 g/mol. The van der Waals surface area contributed by atoms with Crippen molar-refractivity contribution in [2.45, 2.75) is 51.0 Å². The predicted molar refractivity (Wildman–Crippen MR) is 100 cm³/mol. The van der Waals surface area contributed by atoms with E-state index in [1.54, 1.807) is 6.20 Å². The van der Waals surface area contributed by atoms with Gasteiger partial charge in [0.2, 0.25) is 0 Å². The van der Waals surface area contributed by atoms with Crippen LogP contribution in [-0.2, 0) is 4.74 Å². The number of carbonyl (C=O) groups is 1. The van der Waals surface area contributed by atoms with E-state index in [9.17, 15) is 4.79 Å². The molecule has 0 bridgehead atoms. The van der Waals surface area contributed by atoms with E-state index < -0.39 is 0 Å². The number of ether oxygens (including phenoxy) is 1. The molecule has 0 unspecified atom stereocenters. The van der Waals surface area contributed by atoms with Crippen LogP contribution in [-0.4, -0.2) is 40.2 Å². The first-order valence-corrected chi connectivity index (χ1v) is 9.68. The maximum atomic E-state index is 12.4. The number of carbonyl (C=O) groups excluding carboxylic acids is 1. The fourth-order valence-corrected chi connectivity index (χ4v) is 3.84. The Balaban J connectivity index is 1.40. The topological polar surface area (TPSA) is 69.0 Å². The van der Waals surface area contributed by atoms with Crippen LogP contribution in [0.4, 0.5) is 0 Å². The van der Waals surface area contributed by atoms with Crippen molar-refractivity contribution in [2.75, 3.05) is 19.8 Å². The van der Waals surface area contributed by atoms with Gasteiger partial charge in [-0.2, -0.15) is 0 Å². The smallest absolute Gasteiger partial charge is 0.252 e. The molecule has 0 saturated carbocycles. The lowest BCUT2D eigenvalue weighted by Gasteiger charge is -2.23. The molecule has 2 aromatic rings. The third kappa shape index (κ3) is 3.80. The molecule has 0 atom stereocenters. The zero-order valence-electron chi connectivity index (χ0n) is 15.1. The number of hydrogen-bond acceptors (Lipinski definition) is 4. The summed E-state index contributed by atoms with van der Waals surface area (Å²) in [6.45, 7) is 2.24. The van der Waals surface area contributed by atoms with Gasteiger partial charge in [-0.15, -0.1) is 0 Å². The maximum Gasteiger partial charge on any atom is 0.252 e. The molecule has 1 aliphatic heterocycles. The molecule has 1 amide bonds. The number of imidazole rings is 1. The van der Waals surface area contributed by atoms with Gasteiger partial charge < -0.3 is 14.6 Å². The van der Waals surface area contributed by atoms with Crippen LogP contribution in [0, 0.1) is 0 Å². The molecule has 2 aromatic heterocycles. The van der Waals surface area contributed by atoms with E-state index in [0.29, 0.717) is 18.2 Å². The molecule has 0 aromatic carbocycles. The highest BCUT2D eigenvalue weighted by Crippen LogP contribution is 2.25. The second-order valence-electron chi connectivity index (χ2n) is 7.18. The standard InChI is InChI=1S/C20H26N4O2/c25-20(21-9-6-15-4-2-1-3-5-15)16-12-18-19(22-13-16)24(14-23-18)17-7-10-26-11-8-17/h4,12-14,17H,1-3,5-11H2,(H,21,25). The first-order chi connectivity index (χ1) is 12.8. The Bertz CT molecular complexity index is 805. The summed E-state index contributed by atoms with van der Waals surface area (Å²) in [4.78, 5) is 21.4. The number of hydrogen-bond donors (Lipinski definition) is 1. The Kier molecular flexibility index (Phi) is 5.29. The zero-order valence-corrected chi connectivity index (χ0v) is 15.1. The number of fused-ring (bicyclic) bond motifs is 1. The SMILES string of the molecule is O=C(NCCC1=CCCCC1)c1cnc2c(c1)ncn2C1CCOCC1. The van der Waals surface area contributed by atoms with Crippen molar-refractivity contribution in [2.24, 2.45) is 0 Å². The Labute approximate surface area is 153 Å². The lowest BCUT2D eigenvalue weighted by molar-refractivity contribution is 0.0704. The molecule has 0 radical (unpaired) electrons. The molecule has 0 spiro atoms. The number of amides is 1. The molecule has 1 aliphatic carbocycles. The number of aromatic nitrogens is 3. The predicted octanol–water partition coefficient (Wildman–Crippen LogP) is 3.40. The first kappa shape index (κ1) is 17.2. The highest BCUT2D eigenvalue weighted by molar-refractivity contribution is 5.96. The van der Waals surface area contributed by atoms with Crippen molar-refractivity contribution >= 4 is 17.1 Å². The fourth-order valence-electron chi connectivity index (χ4n) is 3.84. The molecule has 1 N–H and O–H groups in total. The number of pyridine rings is 1. The molecule has 1 saturated heterocycles. The van der Waals surface area contributed by atoms with E-state index >= 15 is 0 Å². The molecule has 3 heterocycles. The van der Waals surface area contributed by atoms with Crippen LogP contribution in [0.25, 0.3) is 11.2 Å². The second-order valence-corrected chi connectivity index (χ2v) is 7.18. The van der Waals surface area contributed by atoms with E-state index in [1.165, 1.54) is 31.3 Å². The minimum absolute atomic E-state index is 0.0728. The van der Waals surface area contributed by atoms with Gasteiger partial charge in [-0.1, -0.05) is 11.6 Å². The summed E-state index contributed by atoms with van der Waals surface area (Å²) in [6, 6.07) is 2.22. The summed E-state index contributed by atoms with van der Waals surface area (Å²) in [5.41, 5.74) is 3.67. The van der Waals surface area contributed by atoms with E-state index in [4.69, 9.17) is 4.74 Å². The fraction of sp³-hybridized carbons (Fsp3) is 0.550. The Morgan fingerprint density at radius 1 is 1.27 bits per heavy atom. The van der Waals surface area contributed by atoms with Crippen molar-refractivity contribution in [3.8, 4) is 0 Å². The molecule has 2 aliphatic rings. The van der Waals surface area contributed by atoms with Gasteiger partial charge in [-0.3, -0.25) is 4.79 Å². The lowest BCUT2D eigenvalue weighted by Crippen LogP contribution is -2.25. The summed E-state index contributed by atoms with van der Waals surface area (Å²) in [7, 11) is 0. The highest BCUT2D eigenvalue weighted by Gasteiger charge is 2.19. The van der Waals surface area contributed by atoms with E-state index in [0.717, 1.165) is 43.6 Å².